The minimum absolute atomic E-state index is 0.121. The van der Waals surface area contributed by atoms with Crippen molar-refractivity contribution in [2.75, 3.05) is 25.0 Å². The van der Waals surface area contributed by atoms with Crippen LogP contribution in [-0.4, -0.2) is 41.0 Å². The standard InChI is InChI=1S/C18H23FN4/c1-14-10-20-18(21-11-14)22(2)16-7-5-9-23(13-16)12-15-6-3-4-8-17(15)19/h3-4,6,8,10-11,16H,5,7,9,12-13H2,1-2H3. The number of aromatic nitrogens is 2. The lowest BCUT2D eigenvalue weighted by Gasteiger charge is -2.37. The van der Waals surface area contributed by atoms with Crippen LogP contribution in [0.5, 0.6) is 0 Å². The van der Waals surface area contributed by atoms with Gasteiger partial charge in [0.1, 0.15) is 5.82 Å². The number of rotatable bonds is 4. The molecule has 0 saturated carbocycles. The van der Waals surface area contributed by atoms with Gasteiger partial charge in [-0.1, -0.05) is 18.2 Å². The molecule has 23 heavy (non-hydrogen) atoms. The van der Waals surface area contributed by atoms with Gasteiger partial charge in [-0.15, -0.1) is 0 Å². The molecule has 0 spiro atoms. The third-order valence-electron chi connectivity index (χ3n) is 4.46. The second-order valence-electron chi connectivity index (χ2n) is 6.29. The van der Waals surface area contributed by atoms with Gasteiger partial charge in [-0.25, -0.2) is 14.4 Å². The molecule has 0 amide bonds. The molecule has 1 unspecified atom stereocenters. The van der Waals surface area contributed by atoms with Gasteiger partial charge in [0, 0.05) is 44.1 Å². The van der Waals surface area contributed by atoms with Crippen molar-refractivity contribution in [3.63, 3.8) is 0 Å². The second-order valence-corrected chi connectivity index (χ2v) is 6.29. The number of anilines is 1. The predicted octanol–water partition coefficient (Wildman–Crippen LogP) is 3.02. The molecule has 1 aliphatic heterocycles. The lowest BCUT2D eigenvalue weighted by atomic mass is 10.0. The third kappa shape index (κ3) is 3.85. The first-order chi connectivity index (χ1) is 11.1. The smallest absolute Gasteiger partial charge is 0.225 e. The SMILES string of the molecule is Cc1cnc(N(C)C2CCCN(Cc3ccccc3F)C2)nc1. The highest BCUT2D eigenvalue weighted by Crippen LogP contribution is 2.20. The number of aryl methyl sites for hydroxylation is 1. The largest absolute Gasteiger partial charge is 0.340 e. The zero-order chi connectivity index (χ0) is 16.2. The highest BCUT2D eigenvalue weighted by atomic mass is 19.1. The van der Waals surface area contributed by atoms with E-state index in [2.05, 4.69) is 19.8 Å². The fourth-order valence-corrected chi connectivity index (χ4v) is 3.09. The van der Waals surface area contributed by atoms with Crippen molar-refractivity contribution in [2.45, 2.75) is 32.4 Å². The fraction of sp³-hybridized carbons (Fsp3) is 0.444. The Morgan fingerprint density at radius 1 is 1.26 bits per heavy atom. The molecule has 1 aromatic heterocycles. The molecular weight excluding hydrogens is 291 g/mol. The summed E-state index contributed by atoms with van der Waals surface area (Å²) >= 11 is 0. The Bertz CT molecular complexity index is 644. The van der Waals surface area contributed by atoms with Crippen LogP contribution in [0, 0.1) is 12.7 Å². The summed E-state index contributed by atoms with van der Waals surface area (Å²) in [5.74, 6) is 0.637. The zero-order valence-corrected chi connectivity index (χ0v) is 13.7. The molecule has 0 bridgehead atoms. The van der Waals surface area contributed by atoms with E-state index in [4.69, 9.17) is 0 Å². The minimum atomic E-state index is -0.121. The molecule has 122 valence electrons. The number of halogens is 1. The number of likely N-dealkylation sites (N-methyl/N-ethyl adjacent to an activating group) is 1. The van der Waals surface area contributed by atoms with E-state index in [1.165, 1.54) is 6.07 Å². The predicted molar refractivity (Wildman–Crippen MR) is 89.9 cm³/mol. The molecule has 1 fully saturated rings. The van der Waals surface area contributed by atoms with Crippen LogP contribution in [0.3, 0.4) is 0 Å². The number of hydrogen-bond donors (Lipinski definition) is 0. The van der Waals surface area contributed by atoms with Crippen LogP contribution in [-0.2, 0) is 6.54 Å². The Morgan fingerprint density at radius 2 is 2.00 bits per heavy atom. The van der Waals surface area contributed by atoms with Gasteiger partial charge in [0.25, 0.3) is 0 Å². The van der Waals surface area contributed by atoms with E-state index in [-0.39, 0.29) is 5.82 Å². The molecule has 4 nitrogen and oxygen atoms in total. The summed E-state index contributed by atoms with van der Waals surface area (Å²) in [6.45, 7) is 4.56. The molecule has 2 heterocycles. The Morgan fingerprint density at radius 3 is 2.74 bits per heavy atom. The Labute approximate surface area is 137 Å². The molecule has 1 saturated heterocycles. The normalized spacial score (nSPS) is 18.8. The molecule has 3 rings (SSSR count). The number of benzene rings is 1. The monoisotopic (exact) mass is 314 g/mol. The maximum atomic E-state index is 13.8. The maximum absolute atomic E-state index is 13.8. The number of piperidine rings is 1. The van der Waals surface area contributed by atoms with Gasteiger partial charge in [-0.2, -0.15) is 0 Å². The van der Waals surface area contributed by atoms with Crippen molar-refractivity contribution in [1.29, 1.82) is 0 Å². The van der Waals surface area contributed by atoms with Gasteiger partial charge in [-0.05, 0) is 37.9 Å². The molecule has 0 radical (unpaired) electrons. The van der Waals surface area contributed by atoms with Gasteiger partial charge in [0.2, 0.25) is 5.95 Å². The van der Waals surface area contributed by atoms with E-state index in [0.717, 1.165) is 43.0 Å². The Kier molecular flexibility index (Phi) is 4.86. The second kappa shape index (κ2) is 7.04. The minimum Gasteiger partial charge on any atom is -0.340 e. The molecule has 2 aromatic rings. The molecule has 1 aliphatic rings. The van der Waals surface area contributed by atoms with E-state index in [9.17, 15) is 4.39 Å². The van der Waals surface area contributed by atoms with E-state index < -0.39 is 0 Å². The summed E-state index contributed by atoms with van der Waals surface area (Å²) in [5.41, 5.74) is 1.83. The zero-order valence-electron chi connectivity index (χ0n) is 13.7. The van der Waals surface area contributed by atoms with Gasteiger partial charge in [-0.3, -0.25) is 4.90 Å². The van der Waals surface area contributed by atoms with E-state index in [0.29, 0.717) is 12.6 Å². The van der Waals surface area contributed by atoms with Crippen molar-refractivity contribution in [1.82, 2.24) is 14.9 Å². The molecule has 5 heteroatoms. The molecular formula is C18H23FN4. The third-order valence-corrected chi connectivity index (χ3v) is 4.46. The Balaban J connectivity index is 1.66. The fourth-order valence-electron chi connectivity index (χ4n) is 3.09. The van der Waals surface area contributed by atoms with Gasteiger partial charge < -0.3 is 4.90 Å². The average Bonchev–Trinajstić information content (AvgIpc) is 2.57. The van der Waals surface area contributed by atoms with E-state index in [1.54, 1.807) is 6.07 Å². The van der Waals surface area contributed by atoms with Crippen LogP contribution in [0.15, 0.2) is 36.7 Å². The number of nitrogens with zero attached hydrogens (tertiary/aromatic N) is 4. The van der Waals surface area contributed by atoms with E-state index >= 15 is 0 Å². The summed E-state index contributed by atoms with van der Waals surface area (Å²) in [4.78, 5) is 13.3. The number of hydrogen-bond acceptors (Lipinski definition) is 4. The van der Waals surface area contributed by atoms with Crippen molar-refractivity contribution in [3.8, 4) is 0 Å². The lowest BCUT2D eigenvalue weighted by Crippen LogP contribution is -2.46. The van der Waals surface area contributed by atoms with Crippen LogP contribution in [0.4, 0.5) is 10.3 Å². The maximum Gasteiger partial charge on any atom is 0.225 e. The first kappa shape index (κ1) is 15.9. The van der Waals surface area contributed by atoms with Crippen LogP contribution < -0.4 is 4.90 Å². The molecule has 1 aromatic carbocycles. The summed E-state index contributed by atoms with van der Waals surface area (Å²) in [7, 11) is 2.04. The quantitative estimate of drug-likeness (QED) is 0.868. The van der Waals surface area contributed by atoms with Crippen molar-refractivity contribution in [3.05, 3.63) is 53.6 Å². The van der Waals surface area contributed by atoms with E-state index in [1.807, 2.05) is 38.5 Å². The summed E-state index contributed by atoms with van der Waals surface area (Å²) in [6, 6.07) is 7.39. The topological polar surface area (TPSA) is 32.3 Å². The highest BCUT2D eigenvalue weighted by Gasteiger charge is 2.25. The first-order valence-corrected chi connectivity index (χ1v) is 8.11. The van der Waals surface area contributed by atoms with Crippen LogP contribution in [0.25, 0.3) is 0 Å². The van der Waals surface area contributed by atoms with Crippen molar-refractivity contribution < 1.29 is 4.39 Å². The van der Waals surface area contributed by atoms with Crippen molar-refractivity contribution in [2.24, 2.45) is 0 Å². The summed E-state index contributed by atoms with van der Waals surface area (Å²) in [6.07, 6.45) is 5.91. The highest BCUT2D eigenvalue weighted by molar-refractivity contribution is 5.30. The van der Waals surface area contributed by atoms with Crippen LogP contribution in [0.2, 0.25) is 0 Å². The van der Waals surface area contributed by atoms with Crippen molar-refractivity contribution >= 4 is 5.95 Å². The molecule has 0 N–H and O–H groups in total. The van der Waals surface area contributed by atoms with Crippen LogP contribution in [0.1, 0.15) is 24.0 Å². The lowest BCUT2D eigenvalue weighted by molar-refractivity contribution is 0.196. The summed E-state index contributed by atoms with van der Waals surface area (Å²) < 4.78 is 13.8. The average molecular weight is 314 g/mol. The van der Waals surface area contributed by atoms with Gasteiger partial charge in [0.05, 0.1) is 0 Å². The van der Waals surface area contributed by atoms with Gasteiger partial charge >= 0.3 is 0 Å². The molecule has 1 atom stereocenters. The Hall–Kier alpha value is -2.01. The number of likely N-dealkylation sites (tertiary alicyclic amines) is 1. The summed E-state index contributed by atoms with van der Waals surface area (Å²) in [5, 5.41) is 0. The van der Waals surface area contributed by atoms with Gasteiger partial charge in [0.15, 0.2) is 0 Å². The first-order valence-electron chi connectivity index (χ1n) is 8.11. The van der Waals surface area contributed by atoms with Crippen LogP contribution >= 0.6 is 0 Å². The molecule has 0 aliphatic carbocycles.